The molecule has 0 aliphatic rings. The lowest BCUT2D eigenvalue weighted by Gasteiger charge is -2.12. The first-order valence-electron chi connectivity index (χ1n) is 7.90. The molecule has 0 amide bonds. The first-order chi connectivity index (χ1) is 11.5. The van der Waals surface area contributed by atoms with E-state index in [0.29, 0.717) is 11.8 Å². The summed E-state index contributed by atoms with van der Waals surface area (Å²) in [5.74, 6) is 1.13. The average molecular weight is 319 g/mol. The number of hydrogen-bond donors (Lipinski definition) is 2. The van der Waals surface area contributed by atoms with Crippen LogP contribution in [0, 0.1) is 27.7 Å². The second-order valence-electron chi connectivity index (χ2n) is 5.98. The van der Waals surface area contributed by atoms with E-state index in [1.807, 2.05) is 12.1 Å². The van der Waals surface area contributed by atoms with Crippen LogP contribution >= 0.6 is 0 Å². The fourth-order valence-corrected chi connectivity index (χ4v) is 2.51. The number of aromatic nitrogens is 3. The van der Waals surface area contributed by atoms with Gasteiger partial charge in [-0.2, -0.15) is 10.1 Å². The number of nitrogens with zero attached hydrogens (tertiary/aromatic N) is 3. The Hall–Kier alpha value is -2.95. The number of anilines is 4. The van der Waals surface area contributed by atoms with Crippen LogP contribution in [0.5, 0.6) is 0 Å². The van der Waals surface area contributed by atoms with Gasteiger partial charge in [-0.05, 0) is 62.1 Å². The fourth-order valence-electron chi connectivity index (χ4n) is 2.51. The zero-order chi connectivity index (χ0) is 17.1. The number of benzene rings is 2. The van der Waals surface area contributed by atoms with Gasteiger partial charge in [0.1, 0.15) is 0 Å². The van der Waals surface area contributed by atoms with Crippen molar-refractivity contribution in [2.75, 3.05) is 10.6 Å². The molecule has 5 nitrogen and oxygen atoms in total. The zero-order valence-electron chi connectivity index (χ0n) is 14.4. The van der Waals surface area contributed by atoms with Crippen LogP contribution in [0.4, 0.5) is 23.1 Å². The van der Waals surface area contributed by atoms with Crippen molar-refractivity contribution in [3.05, 3.63) is 64.8 Å². The van der Waals surface area contributed by atoms with Gasteiger partial charge < -0.3 is 10.6 Å². The highest BCUT2D eigenvalue weighted by atomic mass is 15.3. The lowest BCUT2D eigenvalue weighted by molar-refractivity contribution is 0.981. The van der Waals surface area contributed by atoms with Gasteiger partial charge >= 0.3 is 0 Å². The van der Waals surface area contributed by atoms with Gasteiger partial charge in [-0.3, -0.25) is 0 Å². The van der Waals surface area contributed by atoms with E-state index >= 15 is 0 Å². The van der Waals surface area contributed by atoms with Crippen LogP contribution in [0.2, 0.25) is 0 Å². The van der Waals surface area contributed by atoms with Crippen LogP contribution in [-0.2, 0) is 0 Å². The summed E-state index contributed by atoms with van der Waals surface area (Å²) in [5, 5.41) is 14.7. The van der Waals surface area contributed by atoms with Gasteiger partial charge in [-0.15, -0.1) is 5.10 Å². The molecule has 3 rings (SSSR count). The molecule has 0 atom stereocenters. The average Bonchev–Trinajstić information content (AvgIpc) is 2.55. The van der Waals surface area contributed by atoms with Crippen molar-refractivity contribution in [2.24, 2.45) is 0 Å². The van der Waals surface area contributed by atoms with Crippen molar-refractivity contribution in [1.82, 2.24) is 15.2 Å². The molecular formula is C19H21N5. The molecule has 24 heavy (non-hydrogen) atoms. The fraction of sp³-hybridized carbons (Fsp3) is 0.211. The zero-order valence-corrected chi connectivity index (χ0v) is 14.4. The van der Waals surface area contributed by atoms with Crippen molar-refractivity contribution < 1.29 is 0 Å². The Morgan fingerprint density at radius 2 is 1.54 bits per heavy atom. The van der Waals surface area contributed by atoms with Gasteiger partial charge in [0.25, 0.3) is 0 Å². The molecule has 0 spiro atoms. The van der Waals surface area contributed by atoms with Crippen LogP contribution in [0.3, 0.4) is 0 Å². The van der Waals surface area contributed by atoms with Crippen LogP contribution < -0.4 is 10.6 Å². The first kappa shape index (κ1) is 15.9. The largest absolute Gasteiger partial charge is 0.339 e. The molecule has 2 N–H and O–H groups in total. The quantitative estimate of drug-likeness (QED) is 0.736. The van der Waals surface area contributed by atoms with Gasteiger partial charge in [-0.25, -0.2) is 0 Å². The molecule has 0 fully saturated rings. The molecule has 5 heteroatoms. The highest BCUT2D eigenvalue weighted by molar-refractivity contribution is 5.64. The molecule has 2 aromatic carbocycles. The minimum Gasteiger partial charge on any atom is -0.339 e. The van der Waals surface area contributed by atoms with E-state index in [1.54, 1.807) is 6.20 Å². The van der Waals surface area contributed by atoms with Gasteiger partial charge in [-0.1, -0.05) is 24.3 Å². The smallest absolute Gasteiger partial charge is 0.249 e. The predicted molar refractivity (Wildman–Crippen MR) is 98.2 cm³/mol. The standard InChI is InChI=1S/C19H21N5/c1-12-8-9-16(10-15(12)4)21-17-11-20-24-19(22-17)23-18-13(2)6-5-7-14(18)3/h5-11H,1-4H3,(H2,21,22,23,24). The number of para-hydroxylation sites is 1. The Balaban J connectivity index is 1.82. The topological polar surface area (TPSA) is 62.7 Å². The van der Waals surface area contributed by atoms with Crippen LogP contribution in [-0.4, -0.2) is 15.2 Å². The SMILES string of the molecule is Cc1ccc(Nc2cnnc(Nc3c(C)cccc3C)n2)cc1C. The molecule has 0 saturated heterocycles. The molecule has 1 heterocycles. The van der Waals surface area contributed by atoms with Crippen LogP contribution in [0.25, 0.3) is 0 Å². The van der Waals surface area contributed by atoms with Gasteiger partial charge in [0.2, 0.25) is 5.95 Å². The maximum Gasteiger partial charge on any atom is 0.249 e. The number of hydrogen-bond acceptors (Lipinski definition) is 5. The maximum absolute atomic E-state index is 4.50. The summed E-state index contributed by atoms with van der Waals surface area (Å²) in [7, 11) is 0. The molecule has 0 saturated carbocycles. The minimum atomic E-state index is 0.473. The summed E-state index contributed by atoms with van der Waals surface area (Å²) in [5.41, 5.74) is 6.78. The van der Waals surface area contributed by atoms with E-state index in [4.69, 9.17) is 0 Å². The van der Waals surface area contributed by atoms with Crippen molar-refractivity contribution in [3.63, 3.8) is 0 Å². The van der Waals surface area contributed by atoms with Crippen molar-refractivity contribution >= 4 is 23.1 Å². The molecule has 0 bridgehead atoms. The van der Waals surface area contributed by atoms with E-state index in [2.05, 4.69) is 77.8 Å². The third-order valence-corrected chi connectivity index (χ3v) is 4.06. The Bertz CT molecular complexity index is 853. The highest BCUT2D eigenvalue weighted by Gasteiger charge is 2.06. The Labute approximate surface area is 142 Å². The first-order valence-corrected chi connectivity index (χ1v) is 7.90. The van der Waals surface area contributed by atoms with Gasteiger partial charge in [0.05, 0.1) is 6.20 Å². The normalized spacial score (nSPS) is 10.5. The van der Waals surface area contributed by atoms with Crippen molar-refractivity contribution in [1.29, 1.82) is 0 Å². The second-order valence-corrected chi connectivity index (χ2v) is 5.98. The Morgan fingerprint density at radius 1 is 0.792 bits per heavy atom. The number of rotatable bonds is 4. The second kappa shape index (κ2) is 6.66. The third kappa shape index (κ3) is 3.51. The van der Waals surface area contributed by atoms with E-state index in [1.165, 1.54) is 11.1 Å². The number of aryl methyl sites for hydroxylation is 4. The van der Waals surface area contributed by atoms with Gasteiger partial charge in [0, 0.05) is 11.4 Å². The summed E-state index contributed by atoms with van der Waals surface area (Å²) in [6.07, 6.45) is 1.62. The minimum absolute atomic E-state index is 0.473. The lowest BCUT2D eigenvalue weighted by Crippen LogP contribution is -2.04. The summed E-state index contributed by atoms with van der Waals surface area (Å²) >= 11 is 0. The molecule has 0 aliphatic heterocycles. The highest BCUT2D eigenvalue weighted by Crippen LogP contribution is 2.23. The molecule has 122 valence electrons. The monoisotopic (exact) mass is 319 g/mol. The lowest BCUT2D eigenvalue weighted by atomic mass is 10.1. The van der Waals surface area contributed by atoms with Crippen LogP contribution in [0.1, 0.15) is 22.3 Å². The Kier molecular flexibility index (Phi) is 4.42. The summed E-state index contributed by atoms with van der Waals surface area (Å²) in [6, 6.07) is 12.4. The molecule has 1 aromatic heterocycles. The van der Waals surface area contributed by atoms with Crippen LogP contribution in [0.15, 0.2) is 42.6 Å². The molecule has 3 aromatic rings. The van der Waals surface area contributed by atoms with Crippen molar-refractivity contribution in [2.45, 2.75) is 27.7 Å². The molecule has 0 aliphatic carbocycles. The van der Waals surface area contributed by atoms with E-state index in [0.717, 1.165) is 22.5 Å². The molecule has 0 unspecified atom stereocenters. The Morgan fingerprint density at radius 3 is 2.25 bits per heavy atom. The summed E-state index contributed by atoms with van der Waals surface area (Å²) in [4.78, 5) is 4.50. The van der Waals surface area contributed by atoms with E-state index in [9.17, 15) is 0 Å². The predicted octanol–water partition coefficient (Wildman–Crippen LogP) is 4.59. The van der Waals surface area contributed by atoms with E-state index in [-0.39, 0.29) is 0 Å². The molecular weight excluding hydrogens is 298 g/mol. The van der Waals surface area contributed by atoms with Gasteiger partial charge in [0.15, 0.2) is 5.82 Å². The maximum atomic E-state index is 4.50. The summed E-state index contributed by atoms with van der Waals surface area (Å²) < 4.78 is 0. The third-order valence-electron chi connectivity index (χ3n) is 4.06. The van der Waals surface area contributed by atoms with E-state index < -0.39 is 0 Å². The summed E-state index contributed by atoms with van der Waals surface area (Å²) in [6.45, 7) is 8.30. The molecule has 0 radical (unpaired) electrons. The number of nitrogens with one attached hydrogen (secondary N) is 2. The van der Waals surface area contributed by atoms with Crippen molar-refractivity contribution in [3.8, 4) is 0 Å².